The van der Waals surface area contributed by atoms with Gasteiger partial charge < -0.3 is 4.74 Å². The third kappa shape index (κ3) is 5.82. The van der Waals surface area contributed by atoms with Gasteiger partial charge in [0.1, 0.15) is 17.9 Å². The van der Waals surface area contributed by atoms with Gasteiger partial charge in [0.2, 0.25) is 0 Å². The maximum atomic E-state index is 13.3. The smallest absolute Gasteiger partial charge is 0.270 e. The van der Waals surface area contributed by atoms with Crippen LogP contribution in [0.5, 0.6) is 5.75 Å². The number of aryl methyl sites for hydroxylation is 1. The molecule has 1 aliphatic heterocycles. The highest BCUT2D eigenvalue weighted by molar-refractivity contribution is 14.1. The lowest BCUT2D eigenvalue weighted by Crippen LogP contribution is -2.54. The largest absolute Gasteiger partial charge is 0.487 e. The number of hydrogen-bond acceptors (Lipinski definition) is 4. The van der Waals surface area contributed by atoms with E-state index >= 15 is 0 Å². The number of thiocarbonyl (C=S) groups is 1. The van der Waals surface area contributed by atoms with Crippen LogP contribution in [0.25, 0.3) is 6.08 Å². The highest BCUT2D eigenvalue weighted by Gasteiger charge is 2.35. The summed E-state index contributed by atoms with van der Waals surface area (Å²) in [6, 6.07) is 16.7. The second-order valence-electron chi connectivity index (χ2n) is 7.62. The molecule has 1 saturated heterocycles. The monoisotopic (exact) mass is 748 g/mol. The Bertz CT molecular complexity index is 1390. The molecule has 178 valence electrons. The van der Waals surface area contributed by atoms with E-state index in [2.05, 4.69) is 56.6 Å². The second-order valence-corrected chi connectivity index (χ2v) is 11.1. The number of carbonyl (C=O) groups excluding carboxylic acids is 2. The molecule has 1 N–H and O–H groups in total. The van der Waals surface area contributed by atoms with Crippen LogP contribution in [0.2, 0.25) is 10.0 Å². The maximum absolute atomic E-state index is 13.3. The average molecular weight is 749 g/mol. The van der Waals surface area contributed by atoms with Crippen LogP contribution in [0.15, 0.2) is 60.2 Å². The summed E-state index contributed by atoms with van der Waals surface area (Å²) in [7, 11) is 0. The van der Waals surface area contributed by atoms with Crippen molar-refractivity contribution in [2.75, 3.05) is 4.90 Å². The van der Waals surface area contributed by atoms with E-state index in [4.69, 9.17) is 40.2 Å². The fourth-order valence-corrected chi connectivity index (χ4v) is 6.25. The van der Waals surface area contributed by atoms with E-state index in [9.17, 15) is 9.59 Å². The molecule has 0 saturated carbocycles. The van der Waals surface area contributed by atoms with Crippen molar-refractivity contribution in [2.45, 2.75) is 13.5 Å². The Morgan fingerprint density at radius 3 is 2.43 bits per heavy atom. The van der Waals surface area contributed by atoms with Gasteiger partial charge in [0.05, 0.1) is 22.9 Å². The first kappa shape index (κ1) is 26.3. The fraction of sp³-hybridized carbons (Fsp3) is 0.0800. The van der Waals surface area contributed by atoms with Crippen LogP contribution in [-0.4, -0.2) is 16.9 Å². The first-order valence-electron chi connectivity index (χ1n) is 10.2. The summed E-state index contributed by atoms with van der Waals surface area (Å²) < 4.78 is 7.77. The van der Waals surface area contributed by atoms with Crippen molar-refractivity contribution in [1.82, 2.24) is 5.32 Å². The normalized spacial score (nSPS) is 14.9. The third-order valence-electron chi connectivity index (χ3n) is 5.07. The summed E-state index contributed by atoms with van der Waals surface area (Å²) in [6.07, 6.45) is 1.53. The van der Waals surface area contributed by atoms with Crippen molar-refractivity contribution in [3.8, 4) is 5.75 Å². The molecule has 0 aromatic heterocycles. The number of halogens is 4. The highest BCUT2D eigenvalue weighted by Crippen LogP contribution is 2.35. The Labute approximate surface area is 245 Å². The molecule has 10 heteroatoms. The summed E-state index contributed by atoms with van der Waals surface area (Å²) in [5, 5.41) is 2.93. The lowest BCUT2D eigenvalue weighted by atomic mass is 10.1. The zero-order valence-corrected chi connectivity index (χ0v) is 24.7. The summed E-state index contributed by atoms with van der Waals surface area (Å²) in [5.41, 5.74) is 3.13. The van der Waals surface area contributed by atoms with Gasteiger partial charge in [-0.2, -0.15) is 0 Å². The molecule has 2 amide bonds. The van der Waals surface area contributed by atoms with Crippen LogP contribution in [0, 0.1) is 14.1 Å². The van der Waals surface area contributed by atoms with E-state index in [-0.39, 0.29) is 20.7 Å². The lowest BCUT2D eigenvalue weighted by molar-refractivity contribution is -0.122. The Balaban J connectivity index is 1.63. The molecule has 3 aromatic rings. The number of benzene rings is 3. The number of ether oxygens (including phenoxy) is 1. The van der Waals surface area contributed by atoms with Crippen molar-refractivity contribution >= 4 is 109 Å². The molecule has 4 rings (SSSR count). The van der Waals surface area contributed by atoms with E-state index < -0.39 is 11.8 Å². The number of amides is 2. The molecule has 1 heterocycles. The van der Waals surface area contributed by atoms with Crippen LogP contribution >= 0.6 is 80.6 Å². The average Bonchev–Trinajstić information content (AvgIpc) is 2.79. The van der Waals surface area contributed by atoms with Gasteiger partial charge in [-0.15, -0.1) is 0 Å². The molecular formula is C25H16Cl2I2N2O3S. The molecule has 1 fully saturated rings. The fourth-order valence-electron chi connectivity index (χ4n) is 3.47. The predicted octanol–water partition coefficient (Wildman–Crippen LogP) is 6.92. The van der Waals surface area contributed by atoms with Crippen LogP contribution in [0.1, 0.15) is 16.7 Å². The van der Waals surface area contributed by atoms with Gasteiger partial charge in [-0.25, -0.2) is 0 Å². The van der Waals surface area contributed by atoms with Crippen molar-refractivity contribution in [3.05, 3.63) is 94.0 Å². The number of rotatable bonds is 5. The van der Waals surface area contributed by atoms with Crippen LogP contribution in [0.4, 0.5) is 5.69 Å². The summed E-state index contributed by atoms with van der Waals surface area (Å²) in [4.78, 5) is 27.2. The standard InChI is InChI=1S/C25H16Cl2I2N2O3S/c1-13-4-2-5-14(8-13)12-34-22-18(28)10-15(11-19(22)29)9-16-23(32)30-25(35)31(24(16)33)20-7-3-6-17(26)21(20)27/h2-11H,12H2,1H3,(H,30,32,35)/b16-9+. The Kier molecular flexibility index (Phi) is 8.37. The Hall–Kier alpha value is -1.73. The third-order valence-corrected chi connectivity index (χ3v) is 7.77. The number of hydrogen-bond donors (Lipinski definition) is 1. The quantitative estimate of drug-likeness (QED) is 0.133. The van der Waals surface area contributed by atoms with E-state index in [1.807, 2.05) is 37.3 Å². The SMILES string of the molecule is Cc1cccc(COc2c(I)cc(/C=C3\C(=O)NC(=S)N(c4cccc(Cl)c4Cl)C3=O)cc2I)c1. The second kappa shape index (κ2) is 11.1. The molecule has 0 bridgehead atoms. The molecule has 35 heavy (non-hydrogen) atoms. The Morgan fingerprint density at radius 2 is 1.74 bits per heavy atom. The molecule has 0 aliphatic carbocycles. The molecule has 0 atom stereocenters. The number of nitrogens with one attached hydrogen (secondary N) is 1. The minimum absolute atomic E-state index is 0.0645. The van der Waals surface area contributed by atoms with Crippen molar-refractivity contribution in [1.29, 1.82) is 0 Å². The van der Waals surface area contributed by atoms with Gasteiger partial charge in [-0.1, -0.05) is 59.1 Å². The zero-order valence-electron chi connectivity index (χ0n) is 18.1. The van der Waals surface area contributed by atoms with Gasteiger partial charge in [-0.05, 0) is 106 Å². The van der Waals surface area contributed by atoms with Crippen LogP contribution in [-0.2, 0) is 16.2 Å². The first-order valence-corrected chi connectivity index (χ1v) is 13.5. The lowest BCUT2D eigenvalue weighted by Gasteiger charge is -2.29. The zero-order chi connectivity index (χ0) is 25.3. The first-order chi connectivity index (χ1) is 16.7. The topological polar surface area (TPSA) is 58.6 Å². The van der Waals surface area contributed by atoms with E-state index in [1.165, 1.54) is 16.5 Å². The number of anilines is 1. The van der Waals surface area contributed by atoms with Gasteiger partial charge in [0.25, 0.3) is 11.8 Å². The van der Waals surface area contributed by atoms with Gasteiger partial charge >= 0.3 is 0 Å². The van der Waals surface area contributed by atoms with Crippen molar-refractivity contribution in [2.24, 2.45) is 0 Å². The van der Waals surface area contributed by atoms with Crippen LogP contribution in [0.3, 0.4) is 0 Å². The number of nitrogens with zero attached hydrogens (tertiary/aromatic N) is 1. The van der Waals surface area contributed by atoms with Gasteiger partial charge in [-0.3, -0.25) is 19.8 Å². The van der Waals surface area contributed by atoms with Gasteiger partial charge in [0, 0.05) is 0 Å². The minimum atomic E-state index is -0.590. The summed E-state index contributed by atoms with van der Waals surface area (Å²) in [5.74, 6) is -0.435. The van der Waals surface area contributed by atoms with E-state index in [0.717, 1.165) is 18.5 Å². The minimum Gasteiger partial charge on any atom is -0.487 e. The predicted molar refractivity (Wildman–Crippen MR) is 160 cm³/mol. The molecule has 1 aliphatic rings. The Morgan fingerprint density at radius 1 is 1.06 bits per heavy atom. The maximum Gasteiger partial charge on any atom is 0.270 e. The van der Waals surface area contributed by atoms with Crippen molar-refractivity contribution < 1.29 is 14.3 Å². The molecule has 3 aromatic carbocycles. The molecule has 0 spiro atoms. The van der Waals surface area contributed by atoms with Gasteiger partial charge in [0.15, 0.2) is 5.11 Å². The van der Waals surface area contributed by atoms with E-state index in [1.54, 1.807) is 18.2 Å². The van der Waals surface area contributed by atoms with Crippen molar-refractivity contribution in [3.63, 3.8) is 0 Å². The summed E-state index contributed by atoms with van der Waals surface area (Å²) >= 11 is 22.0. The summed E-state index contributed by atoms with van der Waals surface area (Å²) in [6.45, 7) is 2.47. The van der Waals surface area contributed by atoms with E-state index in [0.29, 0.717) is 17.9 Å². The molecular weight excluding hydrogens is 733 g/mol. The molecule has 0 unspecified atom stereocenters. The van der Waals surface area contributed by atoms with Crippen LogP contribution < -0.4 is 15.0 Å². The number of carbonyl (C=O) groups is 2. The molecule has 5 nitrogen and oxygen atoms in total. The highest BCUT2D eigenvalue weighted by atomic mass is 127. The molecule has 0 radical (unpaired) electrons.